The number of halogens is 1. The number of rotatable bonds is 5. The number of hydrogen-bond donors (Lipinski definition) is 0. The molecule has 0 bridgehead atoms. The van der Waals surface area contributed by atoms with E-state index in [1.807, 2.05) is 0 Å². The first-order chi connectivity index (χ1) is 6.00. The van der Waals surface area contributed by atoms with E-state index >= 15 is 0 Å². The summed E-state index contributed by atoms with van der Waals surface area (Å²) in [5.74, 6) is -2.20. The van der Waals surface area contributed by atoms with E-state index in [4.69, 9.17) is 0 Å². The first kappa shape index (κ1) is 12.6. The Morgan fingerprint density at radius 3 is 2.23 bits per heavy atom. The van der Waals surface area contributed by atoms with Gasteiger partial charge in [0.1, 0.15) is 0 Å². The molecule has 13 heavy (non-hydrogen) atoms. The summed E-state index contributed by atoms with van der Waals surface area (Å²) in [5.41, 5.74) is 0. The molecule has 0 rings (SSSR count). The Morgan fingerprint density at radius 2 is 1.92 bits per heavy atom. The van der Waals surface area contributed by atoms with Crippen molar-refractivity contribution in [2.45, 2.75) is 12.8 Å². The van der Waals surface area contributed by atoms with Crippen LogP contribution in [-0.4, -0.2) is 32.7 Å². The summed E-state index contributed by atoms with van der Waals surface area (Å²) >= 11 is 0. The second kappa shape index (κ2) is 5.32. The van der Waals surface area contributed by atoms with Gasteiger partial charge >= 0.3 is 13.6 Å². The Hall–Kier alpha value is -0.450. The summed E-state index contributed by atoms with van der Waals surface area (Å²) in [7, 11) is -1.14. The van der Waals surface area contributed by atoms with Gasteiger partial charge in [-0.05, 0) is 6.92 Å². The average molecular weight is 214 g/mol. The largest absolute Gasteiger partial charge is 0.448 e. The van der Waals surface area contributed by atoms with Gasteiger partial charge in [0.15, 0.2) is 12.5 Å². The number of ether oxygens (including phenoxy) is 1. The van der Waals surface area contributed by atoms with Crippen LogP contribution in [0.4, 0.5) is 4.39 Å². The van der Waals surface area contributed by atoms with Crippen LogP contribution in [0.3, 0.4) is 0 Å². The maximum atomic E-state index is 11.7. The van der Waals surface area contributed by atoms with Crippen LogP contribution in [0.2, 0.25) is 0 Å². The molecule has 1 atom stereocenters. The second-order valence-corrected chi connectivity index (χ2v) is 4.66. The fraction of sp³-hybridized carbons (Fsp3) is 0.833. The predicted molar refractivity (Wildman–Crippen MR) is 43.2 cm³/mol. The lowest BCUT2D eigenvalue weighted by molar-refractivity contribution is -0.146. The van der Waals surface area contributed by atoms with E-state index in [-0.39, 0.29) is 0 Å². The van der Waals surface area contributed by atoms with Gasteiger partial charge in [-0.25, -0.2) is 9.18 Å². The second-order valence-electron chi connectivity index (χ2n) is 2.13. The highest BCUT2D eigenvalue weighted by Gasteiger charge is 2.33. The van der Waals surface area contributed by atoms with Crippen molar-refractivity contribution in [3.8, 4) is 0 Å². The SMILES string of the molecule is COP(=O)(OC)C(C)OC(=O)CF. The van der Waals surface area contributed by atoms with Gasteiger partial charge in [-0.3, -0.25) is 4.57 Å². The Kier molecular flexibility index (Phi) is 5.13. The lowest BCUT2D eigenvalue weighted by Gasteiger charge is -2.20. The molecule has 78 valence electrons. The molecule has 0 aromatic carbocycles. The molecule has 0 aromatic heterocycles. The van der Waals surface area contributed by atoms with Crippen LogP contribution in [0.25, 0.3) is 0 Å². The maximum Gasteiger partial charge on any atom is 0.370 e. The number of esters is 1. The summed E-state index contributed by atoms with van der Waals surface area (Å²) in [6.45, 7) is 0.0408. The smallest absolute Gasteiger partial charge is 0.370 e. The molecule has 1 unspecified atom stereocenters. The third-order valence-corrected chi connectivity index (χ3v) is 3.38. The van der Waals surface area contributed by atoms with E-state index in [0.717, 1.165) is 14.2 Å². The summed E-state index contributed by atoms with van der Waals surface area (Å²) in [6.07, 6.45) is 0. The highest BCUT2D eigenvalue weighted by molar-refractivity contribution is 7.54. The van der Waals surface area contributed by atoms with Crippen LogP contribution in [-0.2, 0) is 23.1 Å². The van der Waals surface area contributed by atoms with Crippen LogP contribution in [0.5, 0.6) is 0 Å². The molecule has 0 N–H and O–H groups in total. The van der Waals surface area contributed by atoms with Crippen molar-refractivity contribution >= 4 is 13.6 Å². The molecule has 0 aliphatic carbocycles. The summed E-state index contributed by atoms with van der Waals surface area (Å²) < 4.78 is 36.6. The predicted octanol–water partition coefficient (Wildman–Crippen LogP) is 1.33. The zero-order valence-corrected chi connectivity index (χ0v) is 8.55. The molecule has 0 aliphatic heterocycles. The zero-order chi connectivity index (χ0) is 10.5. The molecule has 7 heteroatoms. The van der Waals surface area contributed by atoms with Gasteiger partial charge in [0, 0.05) is 14.2 Å². The van der Waals surface area contributed by atoms with Crippen molar-refractivity contribution in [3.63, 3.8) is 0 Å². The quantitative estimate of drug-likeness (QED) is 0.510. The summed E-state index contributed by atoms with van der Waals surface area (Å²) in [5, 5.41) is 0. The summed E-state index contributed by atoms with van der Waals surface area (Å²) in [4.78, 5) is 10.5. The Labute approximate surface area is 75.7 Å². The number of carbonyl (C=O) groups excluding carboxylic acids is 1. The van der Waals surface area contributed by atoms with Crippen LogP contribution >= 0.6 is 7.60 Å². The molecule has 5 nitrogen and oxygen atoms in total. The lowest BCUT2D eigenvalue weighted by Crippen LogP contribution is -2.17. The van der Waals surface area contributed by atoms with E-state index in [1.165, 1.54) is 6.92 Å². The van der Waals surface area contributed by atoms with Gasteiger partial charge in [0.2, 0.25) is 0 Å². The van der Waals surface area contributed by atoms with Gasteiger partial charge < -0.3 is 13.8 Å². The fourth-order valence-corrected chi connectivity index (χ4v) is 1.65. The van der Waals surface area contributed by atoms with Gasteiger partial charge in [-0.1, -0.05) is 0 Å². The van der Waals surface area contributed by atoms with Crippen molar-refractivity contribution in [2.75, 3.05) is 20.9 Å². The Morgan fingerprint density at radius 1 is 1.46 bits per heavy atom. The van der Waals surface area contributed by atoms with Crippen molar-refractivity contribution in [1.29, 1.82) is 0 Å². The third-order valence-electron chi connectivity index (χ3n) is 1.37. The molecule has 0 saturated carbocycles. The van der Waals surface area contributed by atoms with Gasteiger partial charge in [-0.2, -0.15) is 0 Å². The van der Waals surface area contributed by atoms with Gasteiger partial charge in [0.25, 0.3) is 0 Å². The number of carbonyl (C=O) groups is 1. The fourth-order valence-electron chi connectivity index (χ4n) is 0.658. The summed E-state index contributed by atoms with van der Waals surface area (Å²) in [6, 6.07) is 0. The van der Waals surface area contributed by atoms with E-state index in [2.05, 4.69) is 13.8 Å². The standard InChI is InChI=1S/C6H12FO5P/c1-5(12-6(8)4-7)13(9,10-2)11-3/h5H,4H2,1-3H3. The minimum atomic E-state index is -3.45. The van der Waals surface area contributed by atoms with Crippen LogP contribution in [0, 0.1) is 0 Å². The Balaban J connectivity index is 4.31. The number of alkyl halides is 1. The van der Waals surface area contributed by atoms with E-state index in [1.54, 1.807) is 0 Å². The van der Waals surface area contributed by atoms with Crippen LogP contribution in [0.1, 0.15) is 6.92 Å². The highest BCUT2D eigenvalue weighted by Crippen LogP contribution is 2.51. The minimum Gasteiger partial charge on any atom is -0.448 e. The highest BCUT2D eigenvalue weighted by atomic mass is 31.2. The minimum absolute atomic E-state index is 1.10. The molecule has 0 spiro atoms. The molecule has 0 saturated heterocycles. The number of hydrogen-bond acceptors (Lipinski definition) is 5. The van der Waals surface area contributed by atoms with Gasteiger partial charge in [0.05, 0.1) is 0 Å². The monoisotopic (exact) mass is 214 g/mol. The van der Waals surface area contributed by atoms with E-state index in [9.17, 15) is 13.8 Å². The molecule has 0 aromatic rings. The van der Waals surface area contributed by atoms with Crippen molar-refractivity contribution in [2.24, 2.45) is 0 Å². The molecular weight excluding hydrogens is 202 g/mol. The van der Waals surface area contributed by atoms with Crippen molar-refractivity contribution < 1.29 is 27.5 Å². The van der Waals surface area contributed by atoms with Crippen LogP contribution < -0.4 is 0 Å². The average Bonchev–Trinajstić information content (AvgIpc) is 2.16. The molecular formula is C6H12FO5P. The Bertz CT molecular complexity index is 211. The molecule has 0 fully saturated rings. The van der Waals surface area contributed by atoms with E-state index < -0.39 is 26.1 Å². The normalized spacial score (nSPS) is 13.8. The van der Waals surface area contributed by atoms with E-state index in [0.29, 0.717) is 0 Å². The van der Waals surface area contributed by atoms with Gasteiger partial charge in [-0.15, -0.1) is 0 Å². The molecule has 0 radical (unpaired) electrons. The molecule has 0 amide bonds. The topological polar surface area (TPSA) is 61.8 Å². The zero-order valence-electron chi connectivity index (χ0n) is 7.65. The molecule has 0 heterocycles. The lowest BCUT2D eigenvalue weighted by atomic mass is 10.7. The van der Waals surface area contributed by atoms with Crippen molar-refractivity contribution in [3.05, 3.63) is 0 Å². The van der Waals surface area contributed by atoms with Crippen LogP contribution in [0.15, 0.2) is 0 Å². The maximum absolute atomic E-state index is 11.7. The van der Waals surface area contributed by atoms with Crippen molar-refractivity contribution in [1.82, 2.24) is 0 Å². The molecule has 0 aliphatic rings. The first-order valence-corrected chi connectivity index (χ1v) is 5.08. The first-order valence-electron chi connectivity index (χ1n) is 3.46. The third kappa shape index (κ3) is 3.42.